The summed E-state index contributed by atoms with van der Waals surface area (Å²) in [4.78, 5) is 0. The Labute approximate surface area is 96.6 Å². The lowest BCUT2D eigenvalue weighted by molar-refractivity contribution is 0.471. The maximum atomic E-state index is 6.14. The van der Waals surface area contributed by atoms with Gasteiger partial charge in [-0.2, -0.15) is 5.10 Å². The van der Waals surface area contributed by atoms with Gasteiger partial charge in [0.05, 0.1) is 16.9 Å². The van der Waals surface area contributed by atoms with Gasteiger partial charge in [-0.05, 0) is 27.2 Å². The van der Waals surface area contributed by atoms with Gasteiger partial charge in [0.15, 0.2) is 0 Å². The highest BCUT2D eigenvalue weighted by Crippen LogP contribution is 2.29. The third-order valence-electron chi connectivity index (χ3n) is 2.47. The fraction of sp³-hybridized carbons (Fsp3) is 0.727. The minimum Gasteiger partial charge on any atom is -0.328 e. The van der Waals surface area contributed by atoms with Crippen molar-refractivity contribution in [3.63, 3.8) is 0 Å². The summed E-state index contributed by atoms with van der Waals surface area (Å²) in [6.45, 7) is 8.36. The summed E-state index contributed by atoms with van der Waals surface area (Å²) in [6.07, 6.45) is 2.65. The molecule has 0 bridgehead atoms. The van der Waals surface area contributed by atoms with Gasteiger partial charge in [0.1, 0.15) is 0 Å². The highest BCUT2D eigenvalue weighted by molar-refractivity contribution is 6.31. The van der Waals surface area contributed by atoms with E-state index in [0.717, 1.165) is 17.1 Å². The first-order valence-electron chi connectivity index (χ1n) is 5.42. The van der Waals surface area contributed by atoms with Crippen LogP contribution < -0.4 is 5.73 Å². The minimum atomic E-state index is 0.187. The zero-order valence-electron chi connectivity index (χ0n) is 9.87. The number of nitrogens with two attached hydrogens (primary N) is 1. The number of hydrogen-bond acceptors (Lipinski definition) is 2. The van der Waals surface area contributed by atoms with Gasteiger partial charge in [-0.15, -0.1) is 0 Å². The quantitative estimate of drug-likeness (QED) is 0.863. The van der Waals surface area contributed by atoms with Gasteiger partial charge in [0.2, 0.25) is 0 Å². The molecule has 0 aliphatic rings. The van der Waals surface area contributed by atoms with Crippen LogP contribution in [0.2, 0.25) is 5.02 Å². The molecule has 0 radical (unpaired) electrons. The monoisotopic (exact) mass is 229 g/mol. The lowest BCUT2D eigenvalue weighted by Crippen LogP contribution is -2.20. The first-order valence-corrected chi connectivity index (χ1v) is 5.79. The van der Waals surface area contributed by atoms with Crippen molar-refractivity contribution in [1.29, 1.82) is 0 Å². The molecule has 0 aliphatic carbocycles. The summed E-state index contributed by atoms with van der Waals surface area (Å²) in [5, 5.41) is 5.03. The Kier molecular flexibility index (Phi) is 4.17. The third kappa shape index (κ3) is 2.95. The highest BCUT2D eigenvalue weighted by atomic mass is 35.5. The first kappa shape index (κ1) is 12.5. The van der Waals surface area contributed by atoms with Crippen molar-refractivity contribution >= 4 is 11.6 Å². The number of halogens is 1. The summed E-state index contributed by atoms with van der Waals surface area (Å²) >= 11 is 6.14. The SMILES string of the molecule is CC(N)CC(C)c1c(Cl)cnn1C(C)C. The van der Waals surface area contributed by atoms with E-state index in [0.29, 0.717) is 12.0 Å². The van der Waals surface area contributed by atoms with Crippen molar-refractivity contribution in [2.75, 3.05) is 0 Å². The van der Waals surface area contributed by atoms with Gasteiger partial charge in [-0.3, -0.25) is 4.68 Å². The van der Waals surface area contributed by atoms with E-state index in [1.54, 1.807) is 6.20 Å². The normalized spacial score (nSPS) is 15.7. The van der Waals surface area contributed by atoms with Crippen LogP contribution in [0.1, 0.15) is 51.8 Å². The molecule has 2 unspecified atom stereocenters. The fourth-order valence-electron chi connectivity index (χ4n) is 1.89. The average Bonchev–Trinajstić information content (AvgIpc) is 2.45. The lowest BCUT2D eigenvalue weighted by atomic mass is 9.99. The Morgan fingerprint density at radius 2 is 2.00 bits per heavy atom. The van der Waals surface area contributed by atoms with Gasteiger partial charge in [0, 0.05) is 18.0 Å². The Hall–Kier alpha value is -0.540. The molecule has 1 rings (SSSR count). The summed E-state index contributed by atoms with van der Waals surface area (Å²) in [5.74, 6) is 0.349. The minimum absolute atomic E-state index is 0.187. The summed E-state index contributed by atoms with van der Waals surface area (Å²) in [5.41, 5.74) is 6.90. The molecule has 0 fully saturated rings. The molecule has 4 heteroatoms. The molecule has 0 saturated heterocycles. The Morgan fingerprint density at radius 1 is 1.40 bits per heavy atom. The van der Waals surface area contributed by atoms with Crippen molar-refractivity contribution in [1.82, 2.24) is 9.78 Å². The van der Waals surface area contributed by atoms with E-state index in [9.17, 15) is 0 Å². The van der Waals surface area contributed by atoms with Crippen LogP contribution in [0, 0.1) is 0 Å². The third-order valence-corrected chi connectivity index (χ3v) is 2.76. The predicted octanol–water partition coefficient (Wildman–Crippen LogP) is 2.96. The summed E-state index contributed by atoms with van der Waals surface area (Å²) < 4.78 is 1.98. The Bertz CT molecular complexity index is 318. The van der Waals surface area contributed by atoms with E-state index < -0.39 is 0 Å². The standard InChI is InChI=1S/C11H20ClN3/c1-7(2)15-11(10(12)6-14-15)8(3)5-9(4)13/h6-9H,5,13H2,1-4H3. The molecule has 0 aromatic carbocycles. The van der Waals surface area contributed by atoms with Crippen LogP contribution in [0.5, 0.6) is 0 Å². The van der Waals surface area contributed by atoms with Crippen molar-refractivity contribution in [2.45, 2.75) is 52.1 Å². The summed E-state index contributed by atoms with van der Waals surface area (Å²) in [7, 11) is 0. The van der Waals surface area contributed by atoms with Crippen LogP contribution >= 0.6 is 11.6 Å². The van der Waals surface area contributed by atoms with E-state index in [2.05, 4.69) is 25.9 Å². The molecule has 3 nitrogen and oxygen atoms in total. The molecule has 1 aromatic heterocycles. The van der Waals surface area contributed by atoms with E-state index in [1.165, 1.54) is 0 Å². The van der Waals surface area contributed by atoms with Crippen molar-refractivity contribution in [3.8, 4) is 0 Å². The van der Waals surface area contributed by atoms with Gasteiger partial charge >= 0.3 is 0 Å². The molecule has 0 saturated carbocycles. The van der Waals surface area contributed by atoms with Crippen LogP contribution in [-0.4, -0.2) is 15.8 Å². The molecular formula is C11H20ClN3. The van der Waals surface area contributed by atoms with Crippen LogP contribution in [0.4, 0.5) is 0 Å². The Balaban J connectivity index is 2.95. The maximum absolute atomic E-state index is 6.14. The largest absolute Gasteiger partial charge is 0.328 e. The molecule has 0 spiro atoms. The highest BCUT2D eigenvalue weighted by Gasteiger charge is 2.18. The second-order valence-electron chi connectivity index (χ2n) is 4.53. The zero-order chi connectivity index (χ0) is 11.6. The zero-order valence-corrected chi connectivity index (χ0v) is 10.6. The molecule has 0 aliphatic heterocycles. The molecule has 2 N–H and O–H groups in total. The number of aromatic nitrogens is 2. The molecule has 0 amide bonds. The second kappa shape index (κ2) is 4.99. The van der Waals surface area contributed by atoms with Crippen LogP contribution in [-0.2, 0) is 0 Å². The summed E-state index contributed by atoms with van der Waals surface area (Å²) in [6, 6.07) is 0.523. The fourth-order valence-corrected chi connectivity index (χ4v) is 2.21. The van der Waals surface area contributed by atoms with Crippen LogP contribution in [0.3, 0.4) is 0 Å². The topological polar surface area (TPSA) is 43.8 Å². The average molecular weight is 230 g/mol. The Morgan fingerprint density at radius 3 is 2.47 bits per heavy atom. The molecule has 86 valence electrons. The number of rotatable bonds is 4. The maximum Gasteiger partial charge on any atom is 0.0820 e. The van der Waals surface area contributed by atoms with E-state index in [1.807, 2.05) is 11.6 Å². The van der Waals surface area contributed by atoms with Crippen molar-refractivity contribution in [3.05, 3.63) is 16.9 Å². The van der Waals surface area contributed by atoms with Crippen molar-refractivity contribution in [2.24, 2.45) is 5.73 Å². The van der Waals surface area contributed by atoms with E-state index in [-0.39, 0.29) is 6.04 Å². The van der Waals surface area contributed by atoms with Crippen LogP contribution in [0.15, 0.2) is 6.20 Å². The number of nitrogens with zero attached hydrogens (tertiary/aromatic N) is 2. The van der Waals surface area contributed by atoms with Gasteiger partial charge in [-0.1, -0.05) is 18.5 Å². The second-order valence-corrected chi connectivity index (χ2v) is 4.94. The molecular weight excluding hydrogens is 210 g/mol. The van der Waals surface area contributed by atoms with E-state index in [4.69, 9.17) is 17.3 Å². The van der Waals surface area contributed by atoms with Gasteiger partial charge < -0.3 is 5.73 Å². The molecule has 15 heavy (non-hydrogen) atoms. The molecule has 1 aromatic rings. The van der Waals surface area contributed by atoms with Gasteiger partial charge in [0.25, 0.3) is 0 Å². The van der Waals surface area contributed by atoms with Crippen molar-refractivity contribution < 1.29 is 0 Å². The van der Waals surface area contributed by atoms with Crippen LogP contribution in [0.25, 0.3) is 0 Å². The predicted molar refractivity (Wildman–Crippen MR) is 64.3 cm³/mol. The first-order chi connectivity index (χ1) is 6.93. The lowest BCUT2D eigenvalue weighted by Gasteiger charge is -2.18. The molecule has 2 atom stereocenters. The molecule has 1 heterocycles. The van der Waals surface area contributed by atoms with Gasteiger partial charge in [-0.25, -0.2) is 0 Å². The smallest absolute Gasteiger partial charge is 0.0820 e. The number of hydrogen-bond donors (Lipinski definition) is 1. The van der Waals surface area contributed by atoms with E-state index >= 15 is 0 Å².